The lowest BCUT2D eigenvalue weighted by molar-refractivity contribution is -0.679. The molecule has 1 amide bonds. The zero-order chi connectivity index (χ0) is 17.8. The van der Waals surface area contributed by atoms with E-state index in [4.69, 9.17) is 4.42 Å². The van der Waals surface area contributed by atoms with Crippen molar-refractivity contribution in [3.8, 4) is 0 Å². The summed E-state index contributed by atoms with van der Waals surface area (Å²) in [6, 6.07) is 22.4. The molecule has 4 heteroatoms. The van der Waals surface area contributed by atoms with Crippen molar-refractivity contribution in [3.63, 3.8) is 0 Å². The van der Waals surface area contributed by atoms with Gasteiger partial charge in [-0.3, -0.25) is 4.79 Å². The minimum atomic E-state index is -0.00720. The Bertz CT molecular complexity index is 859. The number of benzene rings is 2. The SMILES string of the molecule is O=C(C[NH2+][C@H](c1ccccc1)c1ccco1)N1CCc2ccccc2C1. The Labute approximate surface area is 153 Å². The summed E-state index contributed by atoms with van der Waals surface area (Å²) in [6.45, 7) is 1.91. The van der Waals surface area contributed by atoms with Gasteiger partial charge in [-0.1, -0.05) is 54.6 Å². The number of hydrogen-bond acceptors (Lipinski definition) is 2. The fourth-order valence-corrected chi connectivity index (χ4v) is 3.60. The van der Waals surface area contributed by atoms with Crippen LogP contribution in [0, 0.1) is 0 Å². The van der Waals surface area contributed by atoms with Crippen molar-refractivity contribution in [1.29, 1.82) is 0 Å². The van der Waals surface area contributed by atoms with Gasteiger partial charge in [-0.05, 0) is 29.7 Å². The number of nitrogens with two attached hydrogens (primary N) is 1. The van der Waals surface area contributed by atoms with Crippen molar-refractivity contribution in [1.82, 2.24) is 4.90 Å². The van der Waals surface area contributed by atoms with Crippen molar-refractivity contribution >= 4 is 5.91 Å². The van der Waals surface area contributed by atoms with E-state index >= 15 is 0 Å². The van der Waals surface area contributed by atoms with E-state index in [0.717, 1.165) is 24.3 Å². The monoisotopic (exact) mass is 347 g/mol. The fourth-order valence-electron chi connectivity index (χ4n) is 3.60. The third-order valence-electron chi connectivity index (χ3n) is 5.02. The number of rotatable bonds is 5. The second kappa shape index (κ2) is 7.58. The molecule has 0 fully saturated rings. The topological polar surface area (TPSA) is 50.1 Å². The molecule has 2 heterocycles. The molecule has 1 atom stereocenters. The zero-order valence-corrected chi connectivity index (χ0v) is 14.7. The lowest BCUT2D eigenvalue weighted by Gasteiger charge is -2.28. The largest absolute Gasteiger partial charge is 0.463 e. The van der Waals surface area contributed by atoms with E-state index < -0.39 is 0 Å². The van der Waals surface area contributed by atoms with Gasteiger partial charge in [0.1, 0.15) is 0 Å². The molecule has 0 spiro atoms. The minimum Gasteiger partial charge on any atom is -0.463 e. The molecule has 4 rings (SSSR count). The smallest absolute Gasteiger partial charge is 0.278 e. The van der Waals surface area contributed by atoms with Crippen LogP contribution < -0.4 is 5.32 Å². The van der Waals surface area contributed by atoms with Gasteiger partial charge in [0.2, 0.25) is 0 Å². The molecule has 1 aliphatic rings. The van der Waals surface area contributed by atoms with Crippen LogP contribution in [0.1, 0.15) is 28.5 Å². The van der Waals surface area contributed by atoms with Gasteiger partial charge in [0.15, 0.2) is 18.3 Å². The van der Waals surface area contributed by atoms with Gasteiger partial charge in [0, 0.05) is 18.7 Å². The van der Waals surface area contributed by atoms with Crippen molar-refractivity contribution in [3.05, 3.63) is 95.4 Å². The molecule has 0 saturated heterocycles. The summed E-state index contributed by atoms with van der Waals surface area (Å²) in [6.07, 6.45) is 2.62. The van der Waals surface area contributed by atoms with Gasteiger partial charge >= 0.3 is 0 Å². The average molecular weight is 347 g/mol. The van der Waals surface area contributed by atoms with Crippen molar-refractivity contribution in [2.24, 2.45) is 0 Å². The van der Waals surface area contributed by atoms with E-state index in [2.05, 4.69) is 35.6 Å². The van der Waals surface area contributed by atoms with E-state index in [9.17, 15) is 4.79 Å². The number of fused-ring (bicyclic) bond motifs is 1. The third-order valence-corrected chi connectivity index (χ3v) is 5.02. The number of amides is 1. The van der Waals surface area contributed by atoms with E-state index in [0.29, 0.717) is 13.1 Å². The summed E-state index contributed by atoms with van der Waals surface area (Å²) in [7, 11) is 0. The second-order valence-corrected chi connectivity index (χ2v) is 6.68. The first-order valence-corrected chi connectivity index (χ1v) is 9.07. The normalized spacial score (nSPS) is 14.7. The molecule has 1 aromatic heterocycles. The molecule has 4 nitrogen and oxygen atoms in total. The first-order valence-electron chi connectivity index (χ1n) is 9.07. The minimum absolute atomic E-state index is 0.00720. The van der Waals surface area contributed by atoms with Gasteiger partial charge in [-0.2, -0.15) is 0 Å². The lowest BCUT2D eigenvalue weighted by Crippen LogP contribution is -2.87. The highest BCUT2D eigenvalue weighted by molar-refractivity contribution is 5.77. The highest BCUT2D eigenvalue weighted by Gasteiger charge is 2.25. The first kappa shape index (κ1) is 16.6. The van der Waals surface area contributed by atoms with Crippen LogP contribution in [-0.4, -0.2) is 23.9 Å². The van der Waals surface area contributed by atoms with E-state index in [1.54, 1.807) is 6.26 Å². The Balaban J connectivity index is 1.44. The molecular formula is C22H23N2O2+. The third kappa shape index (κ3) is 3.55. The van der Waals surface area contributed by atoms with Gasteiger partial charge in [-0.15, -0.1) is 0 Å². The molecule has 2 aromatic carbocycles. The molecule has 0 bridgehead atoms. The predicted molar refractivity (Wildman–Crippen MR) is 99.3 cm³/mol. The summed E-state index contributed by atoms with van der Waals surface area (Å²) < 4.78 is 5.62. The maximum absolute atomic E-state index is 12.8. The van der Waals surface area contributed by atoms with E-state index in [1.807, 2.05) is 41.3 Å². The summed E-state index contributed by atoms with van der Waals surface area (Å²) in [5.41, 5.74) is 3.76. The first-order chi connectivity index (χ1) is 12.8. The van der Waals surface area contributed by atoms with Crippen LogP contribution in [0.3, 0.4) is 0 Å². The fraction of sp³-hybridized carbons (Fsp3) is 0.227. The molecular weight excluding hydrogens is 324 g/mol. The highest BCUT2D eigenvalue weighted by atomic mass is 16.3. The van der Waals surface area contributed by atoms with Gasteiger partial charge in [-0.25, -0.2) is 0 Å². The number of quaternary nitrogens is 1. The lowest BCUT2D eigenvalue weighted by atomic mass is 10.00. The van der Waals surface area contributed by atoms with Gasteiger partial charge in [0.25, 0.3) is 5.91 Å². The van der Waals surface area contributed by atoms with Crippen LogP contribution in [0.5, 0.6) is 0 Å². The molecule has 0 unspecified atom stereocenters. The Kier molecular flexibility index (Phi) is 4.84. The molecule has 132 valence electrons. The average Bonchev–Trinajstić information content (AvgIpc) is 3.23. The Morgan fingerprint density at radius 2 is 1.77 bits per heavy atom. The summed E-state index contributed by atoms with van der Waals surface area (Å²) in [5, 5.41) is 2.07. The zero-order valence-electron chi connectivity index (χ0n) is 14.7. The van der Waals surface area contributed by atoms with Crippen LogP contribution in [0.15, 0.2) is 77.4 Å². The number of furan rings is 1. The standard InChI is InChI=1S/C22H22N2O2/c25-21(24-13-12-17-7-4-5-10-19(17)16-24)15-23-22(20-11-6-14-26-20)18-8-2-1-3-9-18/h1-11,14,22-23H,12-13,15-16H2/p+1/t22-/m1/s1. The van der Waals surface area contributed by atoms with Crippen LogP contribution in [0.4, 0.5) is 0 Å². The maximum atomic E-state index is 12.8. The van der Waals surface area contributed by atoms with Crippen LogP contribution >= 0.6 is 0 Å². The summed E-state index contributed by atoms with van der Waals surface area (Å²) in [4.78, 5) is 14.7. The van der Waals surface area contributed by atoms with Crippen molar-refractivity contribution in [2.45, 2.75) is 19.0 Å². The molecule has 26 heavy (non-hydrogen) atoms. The molecule has 2 N–H and O–H groups in total. The number of hydrogen-bond donors (Lipinski definition) is 1. The Hall–Kier alpha value is -2.85. The molecule has 0 saturated carbocycles. The predicted octanol–water partition coefficient (Wildman–Crippen LogP) is 2.52. The van der Waals surface area contributed by atoms with Gasteiger partial charge in [0.05, 0.1) is 6.26 Å². The van der Waals surface area contributed by atoms with Crippen molar-refractivity contribution < 1.29 is 14.5 Å². The van der Waals surface area contributed by atoms with Crippen molar-refractivity contribution in [2.75, 3.05) is 13.1 Å². The molecule has 1 aliphatic heterocycles. The van der Waals surface area contributed by atoms with Gasteiger partial charge < -0.3 is 14.6 Å². The molecule has 3 aromatic rings. The highest BCUT2D eigenvalue weighted by Crippen LogP contribution is 2.20. The van der Waals surface area contributed by atoms with E-state index in [1.165, 1.54) is 11.1 Å². The molecule has 0 radical (unpaired) electrons. The number of nitrogens with zero attached hydrogens (tertiary/aromatic N) is 1. The summed E-state index contributed by atoms with van der Waals surface area (Å²) >= 11 is 0. The second-order valence-electron chi connectivity index (χ2n) is 6.68. The number of carbonyl (C=O) groups excluding carboxylic acids is 1. The Morgan fingerprint density at radius 3 is 2.54 bits per heavy atom. The number of carbonyl (C=O) groups is 1. The quantitative estimate of drug-likeness (QED) is 0.771. The maximum Gasteiger partial charge on any atom is 0.278 e. The summed E-state index contributed by atoms with van der Waals surface area (Å²) in [5.74, 6) is 1.04. The van der Waals surface area contributed by atoms with Crippen LogP contribution in [0.2, 0.25) is 0 Å². The van der Waals surface area contributed by atoms with Crippen LogP contribution in [0.25, 0.3) is 0 Å². The van der Waals surface area contributed by atoms with E-state index in [-0.39, 0.29) is 11.9 Å². The molecule has 0 aliphatic carbocycles. The van der Waals surface area contributed by atoms with Crippen LogP contribution in [-0.2, 0) is 17.8 Å². The Morgan fingerprint density at radius 1 is 1.00 bits per heavy atom.